The molecule has 0 bridgehead atoms. The van der Waals surface area contributed by atoms with E-state index in [1.807, 2.05) is 0 Å². The molecule has 3 atom stereocenters. The number of amides is 1. The number of hydrogen-bond acceptors (Lipinski definition) is 4. The molecule has 1 aliphatic rings. The number of nitrogens with two attached hydrogens (primary N) is 1. The van der Waals surface area contributed by atoms with Crippen molar-refractivity contribution in [2.45, 2.75) is 65.2 Å². The molecule has 124 valence electrons. The summed E-state index contributed by atoms with van der Waals surface area (Å²) in [6.07, 6.45) is 3.49. The zero-order valence-electron chi connectivity index (χ0n) is 14.1. The second-order valence-electron chi connectivity index (χ2n) is 6.75. The third-order valence-electron chi connectivity index (χ3n) is 3.76. The van der Waals surface area contributed by atoms with Crippen molar-refractivity contribution < 1.29 is 9.53 Å². The molecule has 1 heterocycles. The molecule has 5 heteroatoms. The highest BCUT2D eigenvalue weighted by molar-refractivity contribution is 5.81. The molecule has 0 radical (unpaired) electrons. The molecule has 0 aromatic carbocycles. The Kier molecular flexibility index (Phi) is 8.22. The quantitative estimate of drug-likeness (QED) is 0.664. The van der Waals surface area contributed by atoms with Gasteiger partial charge in [0.2, 0.25) is 5.91 Å². The largest absolute Gasteiger partial charge is 0.373 e. The standard InChI is InChI=1S/C16H33N3O2/c1-12(2)9-15(17)16(20)18-7-5-6-8-19-10-13(3)21-14(4)11-19/h12-15H,5-11,17H2,1-4H3,(H,18,20)/t13?,14?,15-/m0/s1. The number of carbonyl (C=O) groups excluding carboxylic acids is 1. The fourth-order valence-corrected chi connectivity index (χ4v) is 2.88. The Morgan fingerprint density at radius 1 is 1.29 bits per heavy atom. The van der Waals surface area contributed by atoms with Crippen molar-refractivity contribution >= 4 is 5.91 Å². The van der Waals surface area contributed by atoms with Crippen LogP contribution < -0.4 is 11.1 Å². The summed E-state index contributed by atoms with van der Waals surface area (Å²) in [6.45, 7) is 12.2. The fraction of sp³-hybridized carbons (Fsp3) is 0.938. The van der Waals surface area contributed by atoms with Crippen molar-refractivity contribution in [1.29, 1.82) is 0 Å². The molecule has 1 amide bonds. The van der Waals surface area contributed by atoms with Gasteiger partial charge >= 0.3 is 0 Å². The minimum atomic E-state index is -0.369. The smallest absolute Gasteiger partial charge is 0.236 e. The van der Waals surface area contributed by atoms with E-state index in [0.29, 0.717) is 18.1 Å². The second-order valence-corrected chi connectivity index (χ2v) is 6.75. The van der Waals surface area contributed by atoms with Gasteiger partial charge in [0, 0.05) is 19.6 Å². The van der Waals surface area contributed by atoms with E-state index in [0.717, 1.165) is 45.4 Å². The van der Waals surface area contributed by atoms with Crippen molar-refractivity contribution in [3.63, 3.8) is 0 Å². The Hall–Kier alpha value is -0.650. The van der Waals surface area contributed by atoms with Crippen molar-refractivity contribution in [2.24, 2.45) is 11.7 Å². The zero-order valence-corrected chi connectivity index (χ0v) is 14.1. The number of nitrogens with one attached hydrogen (secondary N) is 1. The van der Waals surface area contributed by atoms with E-state index in [2.05, 4.69) is 37.9 Å². The van der Waals surface area contributed by atoms with Crippen LogP contribution in [-0.4, -0.2) is 55.2 Å². The van der Waals surface area contributed by atoms with Gasteiger partial charge in [0.15, 0.2) is 0 Å². The SMILES string of the molecule is CC(C)C[C@H](N)C(=O)NCCCCN1CC(C)OC(C)C1. The molecule has 1 aliphatic heterocycles. The van der Waals surface area contributed by atoms with Crippen LogP contribution in [0.4, 0.5) is 0 Å². The third kappa shape index (κ3) is 7.79. The molecule has 2 unspecified atom stereocenters. The Bertz CT molecular complexity index is 300. The molecule has 5 nitrogen and oxygen atoms in total. The maximum absolute atomic E-state index is 11.8. The van der Waals surface area contributed by atoms with Crippen molar-refractivity contribution in [1.82, 2.24) is 10.2 Å². The maximum atomic E-state index is 11.8. The van der Waals surface area contributed by atoms with Crippen LogP contribution in [0.5, 0.6) is 0 Å². The van der Waals surface area contributed by atoms with Gasteiger partial charge in [0.25, 0.3) is 0 Å². The highest BCUT2D eigenvalue weighted by Crippen LogP contribution is 2.11. The highest BCUT2D eigenvalue weighted by atomic mass is 16.5. The molecule has 0 aromatic heterocycles. The first kappa shape index (κ1) is 18.4. The predicted molar refractivity (Wildman–Crippen MR) is 86.1 cm³/mol. The molecule has 0 saturated carbocycles. The lowest BCUT2D eigenvalue weighted by atomic mass is 10.0. The third-order valence-corrected chi connectivity index (χ3v) is 3.76. The molecule has 1 rings (SSSR count). The summed E-state index contributed by atoms with van der Waals surface area (Å²) >= 11 is 0. The maximum Gasteiger partial charge on any atom is 0.236 e. The first-order chi connectivity index (χ1) is 9.88. The molecular formula is C16H33N3O2. The topological polar surface area (TPSA) is 67.6 Å². The van der Waals surface area contributed by atoms with Crippen LogP contribution in [-0.2, 0) is 9.53 Å². The van der Waals surface area contributed by atoms with Crippen LogP contribution in [0.15, 0.2) is 0 Å². The van der Waals surface area contributed by atoms with Gasteiger partial charge in [-0.25, -0.2) is 0 Å². The van der Waals surface area contributed by atoms with E-state index in [-0.39, 0.29) is 11.9 Å². The minimum Gasteiger partial charge on any atom is -0.373 e. The number of ether oxygens (including phenoxy) is 1. The molecule has 3 N–H and O–H groups in total. The highest BCUT2D eigenvalue weighted by Gasteiger charge is 2.21. The summed E-state index contributed by atoms with van der Waals surface area (Å²) in [5, 5.41) is 2.94. The molecule has 21 heavy (non-hydrogen) atoms. The summed E-state index contributed by atoms with van der Waals surface area (Å²) in [5.41, 5.74) is 5.85. The van der Waals surface area contributed by atoms with Crippen molar-refractivity contribution in [3.05, 3.63) is 0 Å². The summed E-state index contributed by atoms with van der Waals surface area (Å²) < 4.78 is 5.72. The average molecular weight is 299 g/mol. The molecule has 0 spiro atoms. The van der Waals surface area contributed by atoms with E-state index < -0.39 is 0 Å². The number of nitrogens with zero attached hydrogens (tertiary/aromatic N) is 1. The number of morpholine rings is 1. The Balaban J connectivity index is 2.07. The Labute approximate surface area is 129 Å². The second kappa shape index (κ2) is 9.38. The van der Waals surface area contributed by atoms with Crippen LogP contribution in [0.1, 0.15) is 47.0 Å². The molecular weight excluding hydrogens is 266 g/mol. The van der Waals surface area contributed by atoms with Crippen LogP contribution in [0.2, 0.25) is 0 Å². The van der Waals surface area contributed by atoms with Gasteiger partial charge in [-0.1, -0.05) is 13.8 Å². The van der Waals surface area contributed by atoms with Crippen LogP contribution >= 0.6 is 0 Å². The molecule has 1 saturated heterocycles. The van der Waals surface area contributed by atoms with E-state index in [9.17, 15) is 4.79 Å². The van der Waals surface area contributed by atoms with Gasteiger partial charge in [0.1, 0.15) is 0 Å². The lowest BCUT2D eigenvalue weighted by molar-refractivity contribution is -0.122. The van der Waals surface area contributed by atoms with E-state index in [1.54, 1.807) is 0 Å². The number of rotatable bonds is 8. The number of hydrogen-bond donors (Lipinski definition) is 2. The van der Waals surface area contributed by atoms with E-state index in [4.69, 9.17) is 10.5 Å². The van der Waals surface area contributed by atoms with Gasteiger partial charge in [0.05, 0.1) is 18.2 Å². The molecule has 0 aromatic rings. The summed E-state index contributed by atoms with van der Waals surface area (Å²) in [7, 11) is 0. The average Bonchev–Trinajstić information content (AvgIpc) is 2.36. The fourth-order valence-electron chi connectivity index (χ4n) is 2.88. The zero-order chi connectivity index (χ0) is 15.8. The van der Waals surface area contributed by atoms with E-state index >= 15 is 0 Å². The minimum absolute atomic E-state index is 0.0164. The van der Waals surface area contributed by atoms with Gasteiger partial charge in [-0.15, -0.1) is 0 Å². The lowest BCUT2D eigenvalue weighted by Gasteiger charge is -2.35. The first-order valence-corrected chi connectivity index (χ1v) is 8.29. The van der Waals surface area contributed by atoms with Crippen molar-refractivity contribution in [3.8, 4) is 0 Å². The van der Waals surface area contributed by atoms with Crippen LogP contribution in [0, 0.1) is 5.92 Å². The summed E-state index contributed by atoms with van der Waals surface area (Å²) in [6, 6.07) is -0.369. The first-order valence-electron chi connectivity index (χ1n) is 8.29. The Morgan fingerprint density at radius 2 is 1.90 bits per heavy atom. The van der Waals surface area contributed by atoms with Gasteiger partial charge < -0.3 is 15.8 Å². The number of carbonyl (C=O) groups is 1. The molecule has 0 aliphatic carbocycles. The van der Waals surface area contributed by atoms with E-state index in [1.165, 1.54) is 0 Å². The number of unbranched alkanes of at least 4 members (excludes halogenated alkanes) is 1. The summed E-state index contributed by atoms with van der Waals surface area (Å²) in [5.74, 6) is 0.438. The van der Waals surface area contributed by atoms with Crippen LogP contribution in [0.3, 0.4) is 0 Å². The van der Waals surface area contributed by atoms with Gasteiger partial charge in [-0.05, 0) is 45.6 Å². The van der Waals surface area contributed by atoms with Crippen molar-refractivity contribution in [2.75, 3.05) is 26.2 Å². The monoisotopic (exact) mass is 299 g/mol. The lowest BCUT2D eigenvalue weighted by Crippen LogP contribution is -2.45. The van der Waals surface area contributed by atoms with Crippen LogP contribution in [0.25, 0.3) is 0 Å². The normalized spacial score (nSPS) is 25.0. The van der Waals surface area contributed by atoms with Gasteiger partial charge in [-0.3, -0.25) is 9.69 Å². The predicted octanol–water partition coefficient (Wildman–Crippen LogP) is 1.37. The molecule has 1 fully saturated rings. The Morgan fingerprint density at radius 3 is 2.48 bits per heavy atom. The van der Waals surface area contributed by atoms with Gasteiger partial charge in [-0.2, -0.15) is 0 Å². The summed E-state index contributed by atoms with van der Waals surface area (Å²) in [4.78, 5) is 14.2.